The molecule has 0 saturated heterocycles. The topological polar surface area (TPSA) is 12.0 Å². The first-order valence-corrected chi connectivity index (χ1v) is 9.33. The zero-order chi connectivity index (χ0) is 13.7. The lowest BCUT2D eigenvalue weighted by molar-refractivity contribution is 0.366. The molecule has 1 aromatic carbocycles. The molecule has 1 nitrogen and oxygen atoms in total. The van der Waals surface area contributed by atoms with Crippen molar-refractivity contribution >= 4 is 22.6 Å². The predicted octanol–water partition coefficient (Wildman–Crippen LogP) is 4.10. The maximum absolute atomic E-state index is 3.80. The monoisotopic (exact) mass is 381 g/mol. The largest absolute Gasteiger partial charge is 0.314 e. The Hall–Kier alpha value is -0.0900. The molecule has 0 aromatic heterocycles. The first-order valence-electron chi connectivity index (χ1n) is 8.25. The summed E-state index contributed by atoms with van der Waals surface area (Å²) in [4.78, 5) is 0. The molecule has 0 amide bonds. The average molecular weight is 381 g/mol. The molecule has 108 valence electrons. The van der Waals surface area contributed by atoms with E-state index in [1.54, 1.807) is 6.42 Å². The molecule has 3 aliphatic carbocycles. The van der Waals surface area contributed by atoms with Gasteiger partial charge in [-0.05, 0) is 102 Å². The van der Waals surface area contributed by atoms with Gasteiger partial charge < -0.3 is 5.32 Å². The van der Waals surface area contributed by atoms with Crippen molar-refractivity contribution in [2.24, 2.45) is 29.6 Å². The highest BCUT2D eigenvalue weighted by Crippen LogP contribution is 2.70. The highest BCUT2D eigenvalue weighted by molar-refractivity contribution is 14.1. The molecule has 3 saturated carbocycles. The van der Waals surface area contributed by atoms with E-state index in [0.29, 0.717) is 0 Å². The lowest BCUT2D eigenvalue weighted by atomic mass is 9.93. The number of hydrogen-bond acceptors (Lipinski definition) is 1. The standard InChI is InChI=1S/C18H24IN/c1-2-20-15(9-11-3-7-14(19)8-4-11)18-16-12-5-6-13(10-12)17(16)18/h3-4,7-8,12-13,15-18,20H,2,5-6,9-10H2,1H3. The molecule has 0 heterocycles. The molecular weight excluding hydrogens is 357 g/mol. The van der Waals surface area contributed by atoms with Crippen LogP contribution < -0.4 is 5.32 Å². The lowest BCUT2D eigenvalue weighted by Crippen LogP contribution is -2.35. The Kier molecular flexibility index (Phi) is 3.58. The van der Waals surface area contributed by atoms with Crippen molar-refractivity contribution in [2.45, 2.75) is 38.6 Å². The zero-order valence-electron chi connectivity index (χ0n) is 12.2. The number of likely N-dealkylation sites (N-methyl/N-ethyl adjacent to an activating group) is 1. The van der Waals surface area contributed by atoms with Gasteiger partial charge in [0.05, 0.1) is 0 Å². The van der Waals surface area contributed by atoms with Crippen LogP contribution in [0.3, 0.4) is 0 Å². The van der Waals surface area contributed by atoms with E-state index in [-0.39, 0.29) is 0 Å². The van der Waals surface area contributed by atoms with E-state index in [0.717, 1.165) is 42.2 Å². The summed E-state index contributed by atoms with van der Waals surface area (Å²) in [7, 11) is 0. The molecular formula is C18H24IN. The van der Waals surface area contributed by atoms with Crippen molar-refractivity contribution < 1.29 is 0 Å². The number of hydrogen-bond donors (Lipinski definition) is 1. The Morgan fingerprint density at radius 2 is 1.80 bits per heavy atom. The molecule has 20 heavy (non-hydrogen) atoms. The van der Waals surface area contributed by atoms with Crippen molar-refractivity contribution in [1.82, 2.24) is 5.32 Å². The average Bonchev–Trinajstić information content (AvgIpc) is 2.88. The molecule has 5 unspecified atom stereocenters. The van der Waals surface area contributed by atoms with Crippen LogP contribution in [0, 0.1) is 33.2 Å². The third-order valence-corrected chi connectivity index (χ3v) is 6.81. The smallest absolute Gasteiger partial charge is 0.0141 e. The van der Waals surface area contributed by atoms with E-state index in [2.05, 4.69) is 59.1 Å². The summed E-state index contributed by atoms with van der Waals surface area (Å²) in [6.07, 6.45) is 5.85. The quantitative estimate of drug-likeness (QED) is 0.758. The van der Waals surface area contributed by atoms with Crippen molar-refractivity contribution in [2.75, 3.05) is 6.54 Å². The molecule has 3 aliphatic rings. The number of benzene rings is 1. The molecule has 2 heteroatoms. The van der Waals surface area contributed by atoms with Crippen molar-refractivity contribution in [3.8, 4) is 0 Å². The molecule has 0 radical (unpaired) electrons. The van der Waals surface area contributed by atoms with Crippen LogP contribution in [-0.2, 0) is 6.42 Å². The first-order chi connectivity index (χ1) is 9.78. The molecule has 0 aliphatic heterocycles. The van der Waals surface area contributed by atoms with E-state index >= 15 is 0 Å². The van der Waals surface area contributed by atoms with E-state index in [9.17, 15) is 0 Å². The highest BCUT2D eigenvalue weighted by atomic mass is 127. The molecule has 1 aromatic rings. The van der Waals surface area contributed by atoms with Crippen LogP contribution in [0.1, 0.15) is 31.7 Å². The minimum absolute atomic E-state index is 0.721. The predicted molar refractivity (Wildman–Crippen MR) is 91.6 cm³/mol. The minimum Gasteiger partial charge on any atom is -0.314 e. The van der Waals surface area contributed by atoms with Crippen LogP contribution in [-0.4, -0.2) is 12.6 Å². The third-order valence-electron chi connectivity index (χ3n) is 6.09. The van der Waals surface area contributed by atoms with Crippen molar-refractivity contribution in [1.29, 1.82) is 0 Å². The maximum atomic E-state index is 3.80. The van der Waals surface area contributed by atoms with Crippen LogP contribution in [0.25, 0.3) is 0 Å². The Bertz CT molecular complexity index is 467. The fourth-order valence-electron chi connectivity index (χ4n) is 5.41. The van der Waals surface area contributed by atoms with E-state index in [4.69, 9.17) is 0 Å². The fraction of sp³-hybridized carbons (Fsp3) is 0.667. The summed E-state index contributed by atoms with van der Waals surface area (Å²) in [5.74, 6) is 5.34. The molecule has 5 atom stereocenters. The van der Waals surface area contributed by atoms with Gasteiger partial charge in [-0.15, -0.1) is 0 Å². The van der Waals surface area contributed by atoms with Gasteiger partial charge in [0.25, 0.3) is 0 Å². The van der Waals surface area contributed by atoms with E-state index in [1.165, 1.54) is 28.4 Å². The van der Waals surface area contributed by atoms with Crippen LogP contribution in [0.2, 0.25) is 0 Å². The van der Waals surface area contributed by atoms with Crippen LogP contribution >= 0.6 is 22.6 Å². The maximum Gasteiger partial charge on any atom is 0.0141 e. The van der Waals surface area contributed by atoms with Gasteiger partial charge in [-0.2, -0.15) is 0 Å². The second-order valence-electron chi connectivity index (χ2n) is 7.06. The molecule has 0 spiro atoms. The van der Waals surface area contributed by atoms with E-state index in [1.807, 2.05) is 0 Å². The number of fused-ring (bicyclic) bond motifs is 5. The van der Waals surface area contributed by atoms with Gasteiger partial charge in [0.15, 0.2) is 0 Å². The summed E-state index contributed by atoms with van der Waals surface area (Å²) in [6, 6.07) is 9.85. The minimum atomic E-state index is 0.721. The SMILES string of the molecule is CCNC(Cc1ccc(I)cc1)C1C2C3CCC(C3)C21. The Labute approximate surface area is 136 Å². The summed E-state index contributed by atoms with van der Waals surface area (Å²) >= 11 is 2.39. The Balaban J connectivity index is 1.47. The van der Waals surface area contributed by atoms with E-state index < -0.39 is 0 Å². The summed E-state index contributed by atoms with van der Waals surface area (Å²) in [5, 5.41) is 3.80. The van der Waals surface area contributed by atoms with Gasteiger partial charge in [-0.3, -0.25) is 0 Å². The fourth-order valence-corrected chi connectivity index (χ4v) is 5.77. The Morgan fingerprint density at radius 1 is 1.15 bits per heavy atom. The van der Waals surface area contributed by atoms with Gasteiger partial charge >= 0.3 is 0 Å². The van der Waals surface area contributed by atoms with Gasteiger partial charge in [0.2, 0.25) is 0 Å². The highest BCUT2D eigenvalue weighted by Gasteiger charge is 2.66. The second-order valence-corrected chi connectivity index (χ2v) is 8.31. The molecule has 2 bridgehead atoms. The number of halogens is 1. The van der Waals surface area contributed by atoms with Gasteiger partial charge in [-0.25, -0.2) is 0 Å². The Morgan fingerprint density at radius 3 is 2.40 bits per heavy atom. The van der Waals surface area contributed by atoms with Crippen molar-refractivity contribution in [3.05, 3.63) is 33.4 Å². The summed E-state index contributed by atoms with van der Waals surface area (Å²) in [5.41, 5.74) is 1.51. The molecule has 4 rings (SSSR count). The summed E-state index contributed by atoms with van der Waals surface area (Å²) in [6.45, 7) is 3.37. The van der Waals surface area contributed by atoms with Gasteiger partial charge in [0, 0.05) is 9.61 Å². The van der Waals surface area contributed by atoms with Crippen molar-refractivity contribution in [3.63, 3.8) is 0 Å². The number of nitrogens with one attached hydrogen (secondary N) is 1. The van der Waals surface area contributed by atoms with Crippen LogP contribution in [0.5, 0.6) is 0 Å². The summed E-state index contributed by atoms with van der Waals surface area (Å²) < 4.78 is 1.34. The zero-order valence-corrected chi connectivity index (χ0v) is 14.3. The van der Waals surface area contributed by atoms with Crippen LogP contribution in [0.4, 0.5) is 0 Å². The van der Waals surface area contributed by atoms with Gasteiger partial charge in [0.1, 0.15) is 0 Å². The normalized spacial score (nSPS) is 38.8. The second kappa shape index (κ2) is 5.28. The van der Waals surface area contributed by atoms with Gasteiger partial charge in [-0.1, -0.05) is 19.1 Å². The molecule has 1 N–H and O–H groups in total. The lowest BCUT2D eigenvalue weighted by Gasteiger charge is -2.21. The third kappa shape index (κ3) is 2.23. The number of rotatable bonds is 5. The molecule has 3 fully saturated rings. The van der Waals surface area contributed by atoms with Crippen LogP contribution in [0.15, 0.2) is 24.3 Å². The first kappa shape index (κ1) is 13.6.